The molecule has 0 N–H and O–H groups in total. The van der Waals surface area contributed by atoms with Crippen LogP contribution in [0.2, 0.25) is 0 Å². The zero-order valence-corrected chi connectivity index (χ0v) is 16.6. The molecule has 5 heteroatoms. The number of imide groups is 1. The summed E-state index contributed by atoms with van der Waals surface area (Å²) in [7, 11) is 0. The highest BCUT2D eigenvalue weighted by Gasteiger charge is 2.37. The second-order valence-corrected chi connectivity index (χ2v) is 7.79. The van der Waals surface area contributed by atoms with Crippen LogP contribution in [0.5, 0.6) is 0 Å². The van der Waals surface area contributed by atoms with Gasteiger partial charge in [-0.1, -0.05) is 42.0 Å². The molecule has 0 unspecified atom stereocenters. The molecule has 5 nitrogen and oxygen atoms in total. The Morgan fingerprint density at radius 3 is 2.30 bits per heavy atom. The fourth-order valence-corrected chi connectivity index (χ4v) is 4.15. The lowest BCUT2D eigenvalue weighted by Crippen LogP contribution is -2.36. The van der Waals surface area contributed by atoms with Crippen molar-refractivity contribution in [2.45, 2.75) is 19.9 Å². The van der Waals surface area contributed by atoms with Gasteiger partial charge in [-0.15, -0.1) is 0 Å². The van der Waals surface area contributed by atoms with Gasteiger partial charge in [0.1, 0.15) is 0 Å². The highest BCUT2D eigenvalue weighted by atomic mass is 16.2. The molecule has 0 spiro atoms. The Morgan fingerprint density at radius 1 is 0.833 bits per heavy atom. The molecule has 2 aliphatic heterocycles. The number of nitrogens with zero attached hydrogens (tertiary/aromatic N) is 2. The number of anilines is 1. The van der Waals surface area contributed by atoms with Crippen LogP contribution in [0.25, 0.3) is 0 Å². The minimum Gasteiger partial charge on any atom is -0.334 e. The van der Waals surface area contributed by atoms with Crippen molar-refractivity contribution in [3.8, 4) is 0 Å². The van der Waals surface area contributed by atoms with Gasteiger partial charge in [-0.05, 0) is 54.8 Å². The van der Waals surface area contributed by atoms with E-state index < -0.39 is 5.91 Å². The lowest BCUT2D eigenvalue weighted by molar-refractivity contribution is 0.0734. The molecular weight excluding hydrogens is 376 g/mol. The summed E-state index contributed by atoms with van der Waals surface area (Å²) in [5, 5.41) is 0. The van der Waals surface area contributed by atoms with Crippen LogP contribution in [-0.2, 0) is 13.0 Å². The summed E-state index contributed by atoms with van der Waals surface area (Å²) in [6, 6.07) is 20.2. The van der Waals surface area contributed by atoms with E-state index in [9.17, 15) is 14.4 Å². The number of rotatable bonds is 2. The van der Waals surface area contributed by atoms with E-state index in [1.54, 1.807) is 35.2 Å². The highest BCUT2D eigenvalue weighted by molar-refractivity contribution is 6.34. The Bertz CT molecular complexity index is 1200. The molecular formula is C25H20N2O3. The molecule has 3 aromatic rings. The van der Waals surface area contributed by atoms with Gasteiger partial charge in [0.2, 0.25) is 0 Å². The van der Waals surface area contributed by atoms with Crippen molar-refractivity contribution in [3.63, 3.8) is 0 Å². The molecule has 0 radical (unpaired) electrons. The first kappa shape index (κ1) is 18.3. The molecule has 3 amide bonds. The van der Waals surface area contributed by atoms with Gasteiger partial charge in [0.05, 0.1) is 16.8 Å². The molecule has 2 aliphatic rings. The molecule has 0 bridgehead atoms. The number of amides is 3. The van der Waals surface area contributed by atoms with Gasteiger partial charge in [-0.3, -0.25) is 14.4 Å². The number of carbonyl (C=O) groups is 3. The second kappa shape index (κ2) is 6.95. The average Bonchev–Trinajstić information content (AvgIpc) is 3.03. The van der Waals surface area contributed by atoms with Gasteiger partial charge in [0.25, 0.3) is 17.7 Å². The molecule has 148 valence electrons. The molecule has 0 saturated carbocycles. The summed E-state index contributed by atoms with van der Waals surface area (Å²) in [5.74, 6) is -0.872. The topological polar surface area (TPSA) is 57.7 Å². The van der Waals surface area contributed by atoms with Crippen LogP contribution in [0.4, 0.5) is 5.69 Å². The molecule has 2 heterocycles. The summed E-state index contributed by atoms with van der Waals surface area (Å²) in [6.07, 6.45) is 0.811. The minimum absolute atomic E-state index is 0.124. The lowest BCUT2D eigenvalue weighted by atomic mass is 9.98. The van der Waals surface area contributed by atoms with Crippen molar-refractivity contribution < 1.29 is 14.4 Å². The number of hydrogen-bond acceptors (Lipinski definition) is 3. The van der Waals surface area contributed by atoms with Crippen molar-refractivity contribution in [1.82, 2.24) is 4.90 Å². The Morgan fingerprint density at radius 2 is 1.53 bits per heavy atom. The van der Waals surface area contributed by atoms with Crippen LogP contribution in [0.15, 0.2) is 66.7 Å². The molecule has 0 atom stereocenters. The van der Waals surface area contributed by atoms with E-state index in [2.05, 4.69) is 6.07 Å². The summed E-state index contributed by atoms with van der Waals surface area (Å²) < 4.78 is 0. The van der Waals surface area contributed by atoms with Crippen LogP contribution >= 0.6 is 0 Å². The van der Waals surface area contributed by atoms with Crippen LogP contribution in [0, 0.1) is 6.92 Å². The van der Waals surface area contributed by atoms with E-state index in [1.165, 1.54) is 10.5 Å². The van der Waals surface area contributed by atoms with E-state index in [1.807, 2.05) is 37.3 Å². The van der Waals surface area contributed by atoms with Crippen molar-refractivity contribution in [1.29, 1.82) is 0 Å². The number of carbonyl (C=O) groups excluding carboxylic acids is 3. The quantitative estimate of drug-likeness (QED) is 0.616. The van der Waals surface area contributed by atoms with Gasteiger partial charge in [-0.25, -0.2) is 4.90 Å². The lowest BCUT2D eigenvalue weighted by Gasteiger charge is -2.29. The Hall–Kier alpha value is -3.73. The van der Waals surface area contributed by atoms with Crippen LogP contribution < -0.4 is 4.90 Å². The molecule has 3 aromatic carbocycles. The van der Waals surface area contributed by atoms with Crippen molar-refractivity contribution >= 4 is 23.4 Å². The number of hydrogen-bond donors (Lipinski definition) is 0. The highest BCUT2D eigenvalue weighted by Crippen LogP contribution is 2.30. The van der Waals surface area contributed by atoms with Gasteiger partial charge < -0.3 is 4.90 Å². The monoisotopic (exact) mass is 396 g/mol. The standard InChI is InChI=1S/C25H20N2O3/c1-16-6-9-20(10-7-16)27-24(29)21-11-8-18(14-22(21)25(27)30)23(28)26-13-12-17-4-2-3-5-19(17)15-26/h2-11,14H,12-13,15H2,1H3. The van der Waals surface area contributed by atoms with E-state index in [0.29, 0.717) is 29.9 Å². The zero-order valence-electron chi connectivity index (χ0n) is 16.6. The van der Waals surface area contributed by atoms with E-state index >= 15 is 0 Å². The first-order valence-electron chi connectivity index (χ1n) is 9.98. The minimum atomic E-state index is -0.391. The molecule has 30 heavy (non-hydrogen) atoms. The molecule has 0 aromatic heterocycles. The maximum absolute atomic E-state index is 13.1. The predicted molar refractivity (Wildman–Crippen MR) is 114 cm³/mol. The molecule has 0 fully saturated rings. The summed E-state index contributed by atoms with van der Waals surface area (Å²) >= 11 is 0. The van der Waals surface area contributed by atoms with Crippen molar-refractivity contribution in [2.75, 3.05) is 11.4 Å². The third-order valence-electron chi connectivity index (χ3n) is 5.84. The third kappa shape index (κ3) is 2.90. The maximum Gasteiger partial charge on any atom is 0.266 e. The SMILES string of the molecule is Cc1ccc(N2C(=O)c3ccc(C(=O)N4CCc5ccccc5C4)cc3C2=O)cc1. The summed E-state index contributed by atoms with van der Waals surface area (Å²) in [5.41, 5.74) is 5.05. The van der Waals surface area contributed by atoms with Crippen LogP contribution in [-0.4, -0.2) is 29.2 Å². The van der Waals surface area contributed by atoms with E-state index in [4.69, 9.17) is 0 Å². The second-order valence-electron chi connectivity index (χ2n) is 7.79. The van der Waals surface area contributed by atoms with Crippen LogP contribution in [0.1, 0.15) is 47.8 Å². The fraction of sp³-hybridized carbons (Fsp3) is 0.160. The number of aryl methyl sites for hydroxylation is 1. The maximum atomic E-state index is 13.1. The van der Waals surface area contributed by atoms with Gasteiger partial charge >= 0.3 is 0 Å². The fourth-order valence-electron chi connectivity index (χ4n) is 4.15. The molecule has 0 aliphatic carbocycles. The van der Waals surface area contributed by atoms with E-state index in [-0.39, 0.29) is 17.4 Å². The summed E-state index contributed by atoms with van der Waals surface area (Å²) in [6.45, 7) is 3.13. The Kier molecular flexibility index (Phi) is 4.24. The molecule has 5 rings (SSSR count). The Balaban J connectivity index is 1.43. The number of fused-ring (bicyclic) bond motifs is 2. The van der Waals surface area contributed by atoms with Crippen molar-refractivity contribution in [3.05, 3.63) is 100 Å². The largest absolute Gasteiger partial charge is 0.334 e. The zero-order chi connectivity index (χ0) is 20.8. The predicted octanol–water partition coefficient (Wildman–Crippen LogP) is 3.99. The Labute approximate surface area is 174 Å². The molecule has 0 saturated heterocycles. The smallest absolute Gasteiger partial charge is 0.266 e. The average molecular weight is 396 g/mol. The van der Waals surface area contributed by atoms with Gasteiger partial charge in [0, 0.05) is 18.7 Å². The van der Waals surface area contributed by atoms with Crippen molar-refractivity contribution in [2.24, 2.45) is 0 Å². The normalized spacial score (nSPS) is 15.2. The van der Waals surface area contributed by atoms with Crippen LogP contribution in [0.3, 0.4) is 0 Å². The first-order chi connectivity index (χ1) is 14.5. The third-order valence-corrected chi connectivity index (χ3v) is 5.84. The number of benzene rings is 3. The van der Waals surface area contributed by atoms with Gasteiger partial charge in [-0.2, -0.15) is 0 Å². The first-order valence-corrected chi connectivity index (χ1v) is 9.98. The van der Waals surface area contributed by atoms with E-state index in [0.717, 1.165) is 17.5 Å². The van der Waals surface area contributed by atoms with Gasteiger partial charge in [0.15, 0.2) is 0 Å². The summed E-state index contributed by atoms with van der Waals surface area (Å²) in [4.78, 5) is 41.9.